The highest BCUT2D eigenvalue weighted by molar-refractivity contribution is 5.80. The van der Waals surface area contributed by atoms with Gasteiger partial charge in [-0.05, 0) is 36.6 Å². The Morgan fingerprint density at radius 2 is 1.97 bits per heavy atom. The number of aromatic nitrogens is 2. The minimum absolute atomic E-state index is 0.0184. The predicted octanol–water partition coefficient (Wildman–Crippen LogP) is 2.70. The van der Waals surface area contributed by atoms with Crippen LogP contribution in [0.4, 0.5) is 5.82 Å². The Balaban J connectivity index is 1.52. The van der Waals surface area contributed by atoms with Gasteiger partial charge in [0.05, 0.1) is 11.6 Å². The molecule has 3 aromatic rings. The van der Waals surface area contributed by atoms with E-state index in [9.17, 15) is 9.59 Å². The number of carbonyl (C=O) groups excluding carboxylic acids is 1. The molecule has 148 valence electrons. The van der Waals surface area contributed by atoms with Gasteiger partial charge in [0.2, 0.25) is 5.91 Å². The number of anilines is 1. The monoisotopic (exact) mass is 388 g/mol. The lowest BCUT2D eigenvalue weighted by Crippen LogP contribution is -2.52. The molecule has 0 saturated carbocycles. The number of piperidine rings is 1. The number of hydrogen-bond acceptors (Lipinski definition) is 4. The number of carbonyl (C=O) groups is 1. The molecule has 1 saturated heterocycles. The molecule has 5 rings (SSSR count). The van der Waals surface area contributed by atoms with Crippen LogP contribution in [0, 0.1) is 5.92 Å². The predicted molar refractivity (Wildman–Crippen MR) is 113 cm³/mol. The van der Waals surface area contributed by atoms with Crippen LogP contribution in [0.5, 0.6) is 0 Å². The summed E-state index contributed by atoms with van der Waals surface area (Å²) < 4.78 is 1.92. The van der Waals surface area contributed by atoms with Crippen LogP contribution in [0.15, 0.2) is 59.4 Å². The first-order valence-electron chi connectivity index (χ1n) is 10.2. The Kier molecular flexibility index (Phi) is 4.34. The molecular formula is C23H24N4O2. The number of benzene rings is 1. The van der Waals surface area contributed by atoms with Crippen LogP contribution in [0.25, 0.3) is 10.9 Å². The summed E-state index contributed by atoms with van der Waals surface area (Å²) in [4.78, 5) is 31.4. The summed E-state index contributed by atoms with van der Waals surface area (Å²) in [5.74, 6) is 1.47. The highest BCUT2D eigenvalue weighted by Crippen LogP contribution is 2.41. The van der Waals surface area contributed by atoms with E-state index in [4.69, 9.17) is 4.98 Å². The van der Waals surface area contributed by atoms with Crippen molar-refractivity contribution in [2.45, 2.75) is 25.3 Å². The first-order valence-corrected chi connectivity index (χ1v) is 10.2. The van der Waals surface area contributed by atoms with Crippen molar-refractivity contribution in [2.24, 2.45) is 5.92 Å². The molecule has 1 amide bonds. The number of fused-ring (bicyclic) bond motifs is 5. The number of pyridine rings is 2. The Hall–Kier alpha value is -3.15. The molecule has 2 bridgehead atoms. The smallest absolute Gasteiger partial charge is 0.251 e. The Bertz CT molecular complexity index is 1140. The van der Waals surface area contributed by atoms with Gasteiger partial charge in [-0.15, -0.1) is 0 Å². The fourth-order valence-electron chi connectivity index (χ4n) is 4.97. The van der Waals surface area contributed by atoms with E-state index in [0.29, 0.717) is 6.54 Å². The summed E-state index contributed by atoms with van der Waals surface area (Å²) in [6.45, 7) is 3.67. The molecular weight excluding hydrogens is 364 g/mol. The van der Waals surface area contributed by atoms with Crippen molar-refractivity contribution in [3.8, 4) is 0 Å². The van der Waals surface area contributed by atoms with Gasteiger partial charge in [-0.2, -0.15) is 0 Å². The molecule has 0 unspecified atom stereocenters. The topological polar surface area (TPSA) is 67.2 Å². The van der Waals surface area contributed by atoms with Crippen molar-refractivity contribution < 1.29 is 4.79 Å². The molecule has 2 aliphatic rings. The van der Waals surface area contributed by atoms with Gasteiger partial charge in [-0.25, -0.2) is 4.98 Å². The van der Waals surface area contributed by atoms with E-state index in [-0.39, 0.29) is 29.3 Å². The van der Waals surface area contributed by atoms with E-state index < -0.39 is 0 Å². The molecule has 0 radical (unpaired) electrons. The van der Waals surface area contributed by atoms with Gasteiger partial charge in [-0.1, -0.05) is 24.3 Å². The maximum Gasteiger partial charge on any atom is 0.251 e. The largest absolute Gasteiger partial charge is 0.356 e. The summed E-state index contributed by atoms with van der Waals surface area (Å²) in [6, 6.07) is 17.8. The molecule has 1 aromatic carbocycles. The van der Waals surface area contributed by atoms with E-state index >= 15 is 0 Å². The zero-order valence-corrected chi connectivity index (χ0v) is 16.4. The van der Waals surface area contributed by atoms with E-state index in [2.05, 4.69) is 34.5 Å². The lowest BCUT2D eigenvalue weighted by molar-refractivity contribution is -0.119. The lowest BCUT2D eigenvalue weighted by atomic mass is 9.78. The Morgan fingerprint density at radius 1 is 1.10 bits per heavy atom. The van der Waals surface area contributed by atoms with Gasteiger partial charge >= 0.3 is 0 Å². The summed E-state index contributed by atoms with van der Waals surface area (Å²) in [5.41, 5.74) is 2.08. The SMILES string of the molecule is CC(=O)NC[C@H]1[C@H]2C[C@H](CN(c3ccc4ccccc4n3)C2)c2cccc(=O)n21. The van der Waals surface area contributed by atoms with Crippen LogP contribution in [0.1, 0.15) is 31.0 Å². The fourth-order valence-corrected chi connectivity index (χ4v) is 4.97. The zero-order valence-electron chi connectivity index (χ0n) is 16.4. The highest BCUT2D eigenvalue weighted by atomic mass is 16.1. The van der Waals surface area contributed by atoms with Gasteiger partial charge in [0.25, 0.3) is 5.56 Å². The van der Waals surface area contributed by atoms with E-state index in [1.165, 1.54) is 6.92 Å². The van der Waals surface area contributed by atoms with Crippen LogP contribution in [0.3, 0.4) is 0 Å². The van der Waals surface area contributed by atoms with Crippen molar-refractivity contribution in [3.63, 3.8) is 0 Å². The third-order valence-corrected chi connectivity index (χ3v) is 6.27. The van der Waals surface area contributed by atoms with E-state index in [1.807, 2.05) is 28.8 Å². The third kappa shape index (κ3) is 3.18. The normalized spacial score (nSPS) is 22.9. The van der Waals surface area contributed by atoms with Gasteiger partial charge in [-0.3, -0.25) is 9.59 Å². The van der Waals surface area contributed by atoms with Crippen molar-refractivity contribution >= 4 is 22.6 Å². The quantitative estimate of drug-likeness (QED) is 0.749. The number of hydrogen-bond donors (Lipinski definition) is 1. The van der Waals surface area contributed by atoms with Crippen molar-refractivity contribution in [1.29, 1.82) is 0 Å². The minimum Gasteiger partial charge on any atom is -0.356 e. The molecule has 4 heterocycles. The number of amides is 1. The Morgan fingerprint density at radius 3 is 2.83 bits per heavy atom. The third-order valence-electron chi connectivity index (χ3n) is 6.27. The molecule has 0 aliphatic carbocycles. The summed E-state index contributed by atoms with van der Waals surface area (Å²) in [6.07, 6.45) is 1.03. The average molecular weight is 388 g/mol. The second-order valence-electron chi connectivity index (χ2n) is 8.12. The number of nitrogens with zero attached hydrogens (tertiary/aromatic N) is 3. The van der Waals surface area contributed by atoms with Crippen LogP contribution in [-0.4, -0.2) is 35.1 Å². The molecule has 6 heteroatoms. The first-order chi connectivity index (χ1) is 14.1. The van der Waals surface area contributed by atoms with Crippen LogP contribution in [0.2, 0.25) is 0 Å². The molecule has 29 heavy (non-hydrogen) atoms. The molecule has 2 aromatic heterocycles. The van der Waals surface area contributed by atoms with E-state index in [0.717, 1.165) is 41.9 Å². The molecule has 1 fully saturated rings. The van der Waals surface area contributed by atoms with Crippen molar-refractivity contribution in [2.75, 3.05) is 24.5 Å². The number of nitrogens with one attached hydrogen (secondary N) is 1. The summed E-state index contributed by atoms with van der Waals surface area (Å²) in [7, 11) is 0. The highest BCUT2D eigenvalue weighted by Gasteiger charge is 2.40. The molecule has 1 N–H and O–H groups in total. The molecule has 0 spiro atoms. The van der Waals surface area contributed by atoms with Crippen LogP contribution in [-0.2, 0) is 4.79 Å². The fraction of sp³-hybridized carbons (Fsp3) is 0.348. The molecule has 3 atom stereocenters. The second-order valence-corrected chi connectivity index (χ2v) is 8.12. The maximum atomic E-state index is 12.7. The second kappa shape index (κ2) is 7.03. The number of para-hydroxylation sites is 1. The first kappa shape index (κ1) is 17.9. The molecule has 6 nitrogen and oxygen atoms in total. The van der Waals surface area contributed by atoms with Crippen LogP contribution >= 0.6 is 0 Å². The van der Waals surface area contributed by atoms with Gasteiger partial charge in [0.1, 0.15) is 5.82 Å². The standard InChI is InChI=1S/C23H24N4O2/c1-15(28)24-12-21-18-11-17(20-7-4-8-23(29)27(20)21)13-26(14-18)22-10-9-16-5-2-3-6-19(16)25-22/h2-10,17-18,21H,11-14H2,1H3,(H,24,28)/t17-,18+,21+/m1/s1. The van der Waals surface area contributed by atoms with Crippen LogP contribution < -0.4 is 15.8 Å². The van der Waals surface area contributed by atoms with Crippen molar-refractivity contribution in [1.82, 2.24) is 14.9 Å². The van der Waals surface area contributed by atoms with Gasteiger partial charge in [0, 0.05) is 49.6 Å². The average Bonchev–Trinajstić information content (AvgIpc) is 2.73. The van der Waals surface area contributed by atoms with Gasteiger partial charge in [0.15, 0.2) is 0 Å². The minimum atomic E-state index is -0.0680. The summed E-state index contributed by atoms with van der Waals surface area (Å²) in [5, 5.41) is 4.07. The Labute approximate surface area is 169 Å². The summed E-state index contributed by atoms with van der Waals surface area (Å²) >= 11 is 0. The maximum absolute atomic E-state index is 12.7. The van der Waals surface area contributed by atoms with E-state index in [1.54, 1.807) is 6.07 Å². The lowest BCUT2D eigenvalue weighted by Gasteiger charge is -2.47. The molecule has 2 aliphatic heterocycles. The number of rotatable bonds is 3. The van der Waals surface area contributed by atoms with Crippen molar-refractivity contribution in [3.05, 3.63) is 70.6 Å². The zero-order chi connectivity index (χ0) is 20.0. The van der Waals surface area contributed by atoms with Gasteiger partial charge < -0.3 is 14.8 Å².